The summed E-state index contributed by atoms with van der Waals surface area (Å²) in [6.45, 7) is 1.02. The molecule has 2 aromatic rings. The van der Waals surface area contributed by atoms with E-state index in [2.05, 4.69) is 21.2 Å². The number of carbonyl (C=O) groups is 1. The van der Waals surface area contributed by atoms with Gasteiger partial charge in [-0.1, -0.05) is 36.0 Å². The number of nitrogens with one attached hydrogen (secondary N) is 1. The van der Waals surface area contributed by atoms with Crippen molar-refractivity contribution in [3.63, 3.8) is 0 Å². The molecule has 1 amide bonds. The third-order valence-electron chi connectivity index (χ3n) is 4.71. The number of fused-ring (bicyclic) bond motifs is 1. The fourth-order valence-electron chi connectivity index (χ4n) is 3.29. The first kappa shape index (κ1) is 17.7. The highest BCUT2D eigenvalue weighted by atomic mass is 79.9. The molecule has 2 unspecified atom stereocenters. The van der Waals surface area contributed by atoms with Gasteiger partial charge in [0.1, 0.15) is 11.4 Å². The van der Waals surface area contributed by atoms with Crippen molar-refractivity contribution in [2.75, 3.05) is 19.0 Å². The number of nitrogens with zero attached hydrogens (tertiary/aromatic N) is 1. The molecule has 2 aliphatic rings. The van der Waals surface area contributed by atoms with Crippen LogP contribution in [0.5, 0.6) is 0 Å². The van der Waals surface area contributed by atoms with Crippen LogP contribution in [0, 0.1) is 11.7 Å². The van der Waals surface area contributed by atoms with Crippen LogP contribution < -0.4 is 5.32 Å². The van der Waals surface area contributed by atoms with Crippen LogP contribution in [0.15, 0.2) is 58.0 Å². The minimum atomic E-state index is -0.596. The van der Waals surface area contributed by atoms with Crippen molar-refractivity contribution < 1.29 is 13.9 Å². The summed E-state index contributed by atoms with van der Waals surface area (Å²) < 4.78 is 19.8. The van der Waals surface area contributed by atoms with Gasteiger partial charge in [-0.25, -0.2) is 9.38 Å². The van der Waals surface area contributed by atoms with Gasteiger partial charge in [0.25, 0.3) is 5.91 Å². The monoisotopic (exact) mass is 434 g/mol. The minimum absolute atomic E-state index is 0.183. The second kappa shape index (κ2) is 7.13. The molecule has 0 spiro atoms. The molecular formula is C19H16BrFN2O2S. The molecule has 0 aliphatic carbocycles. The van der Waals surface area contributed by atoms with Gasteiger partial charge in [-0.05, 0) is 45.8 Å². The van der Waals surface area contributed by atoms with Crippen LogP contribution in [0.3, 0.4) is 0 Å². The van der Waals surface area contributed by atoms with Crippen LogP contribution >= 0.6 is 27.7 Å². The zero-order valence-corrected chi connectivity index (χ0v) is 16.1. The van der Waals surface area contributed by atoms with Gasteiger partial charge in [-0.2, -0.15) is 0 Å². The molecule has 4 rings (SSSR count). The molecule has 2 heterocycles. The summed E-state index contributed by atoms with van der Waals surface area (Å²) in [5.41, 5.74) is 0.875. The molecule has 1 fully saturated rings. The predicted octanol–water partition coefficient (Wildman–Crippen LogP) is 3.96. The lowest BCUT2D eigenvalue weighted by Gasteiger charge is -2.34. The van der Waals surface area contributed by atoms with Crippen molar-refractivity contribution in [3.8, 4) is 0 Å². The molecule has 2 aromatic carbocycles. The quantitative estimate of drug-likeness (QED) is 0.777. The fraction of sp³-hybridized carbons (Fsp3) is 0.263. The molecule has 7 heteroatoms. The first-order valence-corrected chi connectivity index (χ1v) is 9.99. The van der Waals surface area contributed by atoms with E-state index in [1.54, 1.807) is 24.3 Å². The maximum atomic E-state index is 13.7. The number of hydrogen-bond acceptors (Lipinski definition) is 4. The molecule has 0 saturated carbocycles. The minimum Gasteiger partial charge on any atom is -0.378 e. The Balaban J connectivity index is 1.67. The smallest absolute Gasteiger partial charge is 0.257 e. The maximum absolute atomic E-state index is 13.7. The van der Waals surface area contributed by atoms with Crippen molar-refractivity contribution in [1.29, 1.82) is 0 Å². The number of ether oxygens (including phenoxy) is 1. The van der Waals surface area contributed by atoms with E-state index >= 15 is 0 Å². The number of rotatable bonds is 2. The molecule has 1 N–H and O–H groups in total. The van der Waals surface area contributed by atoms with Crippen molar-refractivity contribution in [2.45, 2.75) is 5.54 Å². The van der Waals surface area contributed by atoms with E-state index in [1.807, 2.05) is 18.2 Å². The van der Waals surface area contributed by atoms with Gasteiger partial charge in [-0.3, -0.25) is 4.79 Å². The number of halogens is 2. The molecule has 0 aromatic heterocycles. The normalized spacial score (nSPS) is 24.7. The molecule has 134 valence electrons. The van der Waals surface area contributed by atoms with Gasteiger partial charge in [-0.15, -0.1) is 0 Å². The van der Waals surface area contributed by atoms with Crippen LogP contribution in [-0.2, 0) is 10.3 Å². The molecule has 0 bridgehead atoms. The number of carbonyl (C=O) groups excluding carboxylic acids is 1. The van der Waals surface area contributed by atoms with Gasteiger partial charge < -0.3 is 10.1 Å². The van der Waals surface area contributed by atoms with E-state index in [1.165, 1.54) is 17.8 Å². The van der Waals surface area contributed by atoms with Gasteiger partial charge in [0.2, 0.25) is 0 Å². The zero-order valence-electron chi connectivity index (χ0n) is 13.7. The topological polar surface area (TPSA) is 50.7 Å². The zero-order chi connectivity index (χ0) is 18.1. The summed E-state index contributed by atoms with van der Waals surface area (Å²) in [4.78, 5) is 17.3. The summed E-state index contributed by atoms with van der Waals surface area (Å²) in [7, 11) is 0. The Labute approximate surface area is 163 Å². The summed E-state index contributed by atoms with van der Waals surface area (Å²) in [6, 6.07) is 14.0. The lowest BCUT2D eigenvalue weighted by molar-refractivity contribution is 0.0977. The van der Waals surface area contributed by atoms with Crippen molar-refractivity contribution in [1.82, 2.24) is 5.32 Å². The Morgan fingerprint density at radius 1 is 1.31 bits per heavy atom. The second-order valence-corrected chi connectivity index (χ2v) is 8.18. The average Bonchev–Trinajstić information content (AvgIpc) is 3.09. The van der Waals surface area contributed by atoms with Gasteiger partial charge in [0, 0.05) is 17.2 Å². The van der Waals surface area contributed by atoms with Crippen molar-refractivity contribution in [3.05, 3.63) is 69.9 Å². The third-order valence-corrected chi connectivity index (χ3v) is 6.36. The van der Waals surface area contributed by atoms with E-state index in [9.17, 15) is 9.18 Å². The van der Waals surface area contributed by atoms with Crippen molar-refractivity contribution in [2.24, 2.45) is 10.9 Å². The maximum Gasteiger partial charge on any atom is 0.257 e. The number of aliphatic imine (C=N–C) groups is 1. The molecule has 2 aliphatic heterocycles. The molecule has 1 saturated heterocycles. The molecule has 4 nitrogen and oxygen atoms in total. The SMILES string of the molecule is O=C(NC1=NC2(c3ccc(F)c(Br)c3)COCC2CS1)c1ccccc1. The number of benzene rings is 2. The Morgan fingerprint density at radius 3 is 2.88 bits per heavy atom. The van der Waals surface area contributed by atoms with Gasteiger partial charge in [0.05, 0.1) is 17.7 Å². The lowest BCUT2D eigenvalue weighted by Crippen LogP contribution is -2.42. The molecule has 2 atom stereocenters. The van der Waals surface area contributed by atoms with Crippen LogP contribution in [0.4, 0.5) is 4.39 Å². The van der Waals surface area contributed by atoms with Crippen LogP contribution in [0.1, 0.15) is 15.9 Å². The predicted molar refractivity (Wildman–Crippen MR) is 104 cm³/mol. The van der Waals surface area contributed by atoms with Gasteiger partial charge in [0.15, 0.2) is 5.17 Å². The fourth-order valence-corrected chi connectivity index (χ4v) is 4.79. The van der Waals surface area contributed by atoms with E-state index in [0.717, 1.165) is 11.3 Å². The molecule has 0 radical (unpaired) electrons. The number of hydrogen-bond donors (Lipinski definition) is 1. The average molecular weight is 435 g/mol. The lowest BCUT2D eigenvalue weighted by atomic mass is 9.82. The first-order chi connectivity index (χ1) is 12.6. The number of thioether (sulfide) groups is 1. The Morgan fingerprint density at radius 2 is 2.12 bits per heavy atom. The highest BCUT2D eigenvalue weighted by Gasteiger charge is 2.48. The highest BCUT2D eigenvalue weighted by molar-refractivity contribution is 9.10. The summed E-state index contributed by atoms with van der Waals surface area (Å²) in [5, 5.41) is 3.47. The van der Waals surface area contributed by atoms with Crippen LogP contribution in [0.25, 0.3) is 0 Å². The third kappa shape index (κ3) is 3.19. The highest BCUT2D eigenvalue weighted by Crippen LogP contribution is 2.45. The number of amides is 1. The van der Waals surface area contributed by atoms with Crippen molar-refractivity contribution >= 4 is 38.8 Å². The van der Waals surface area contributed by atoms with E-state index in [-0.39, 0.29) is 17.6 Å². The first-order valence-electron chi connectivity index (χ1n) is 8.21. The Kier molecular flexibility index (Phi) is 4.86. The van der Waals surface area contributed by atoms with E-state index in [4.69, 9.17) is 9.73 Å². The number of amidine groups is 1. The summed E-state index contributed by atoms with van der Waals surface area (Å²) in [6.07, 6.45) is 0. The van der Waals surface area contributed by atoms with E-state index < -0.39 is 5.54 Å². The molecule has 26 heavy (non-hydrogen) atoms. The summed E-state index contributed by atoms with van der Waals surface area (Å²) >= 11 is 4.77. The van der Waals surface area contributed by atoms with E-state index in [0.29, 0.717) is 28.4 Å². The second-order valence-electron chi connectivity index (χ2n) is 6.31. The molecular weight excluding hydrogens is 419 g/mol. The standard InChI is InChI=1S/C19H16BrFN2O2S/c20-15-8-13(6-7-16(15)21)19-11-25-9-14(19)10-26-18(23-19)22-17(24)12-4-2-1-3-5-12/h1-8,14H,9-11H2,(H,22,23,24). The largest absolute Gasteiger partial charge is 0.378 e. The Hall–Kier alpha value is -1.70. The Bertz CT molecular complexity index is 877. The summed E-state index contributed by atoms with van der Waals surface area (Å²) in [5.74, 6) is 0.461. The van der Waals surface area contributed by atoms with Gasteiger partial charge >= 0.3 is 0 Å². The van der Waals surface area contributed by atoms with Crippen LogP contribution in [0.2, 0.25) is 0 Å². The van der Waals surface area contributed by atoms with Crippen LogP contribution in [-0.4, -0.2) is 30.0 Å².